The summed E-state index contributed by atoms with van der Waals surface area (Å²) in [5, 5.41) is 14.4. The Bertz CT molecular complexity index is 493. The molecule has 1 aliphatic rings. The molecule has 0 unspecified atom stereocenters. The van der Waals surface area contributed by atoms with Crippen LogP contribution < -0.4 is 5.32 Å². The van der Waals surface area contributed by atoms with E-state index in [2.05, 4.69) is 16.6 Å². The standard InChI is InChI=1S/C13H18ClN3O2S/c1-20-13(7-3-2-4-8-13)9-15-12-10(17(18)19)5-6-11(14)16-12/h5-6H,2-4,7-9H2,1H3,(H,15,16). The van der Waals surface area contributed by atoms with Gasteiger partial charge in [0.25, 0.3) is 0 Å². The van der Waals surface area contributed by atoms with Crippen molar-refractivity contribution in [2.75, 3.05) is 18.1 Å². The minimum atomic E-state index is -0.432. The van der Waals surface area contributed by atoms with Crippen molar-refractivity contribution in [3.05, 3.63) is 27.4 Å². The second-order valence-corrected chi connectivity index (χ2v) is 6.72. The van der Waals surface area contributed by atoms with Crippen molar-refractivity contribution >= 4 is 34.9 Å². The van der Waals surface area contributed by atoms with Crippen LogP contribution in [-0.2, 0) is 0 Å². The van der Waals surface area contributed by atoms with Crippen LogP contribution in [0.2, 0.25) is 5.15 Å². The lowest BCUT2D eigenvalue weighted by molar-refractivity contribution is -0.384. The molecule has 20 heavy (non-hydrogen) atoms. The Hall–Kier alpha value is -1.01. The Kier molecular flexibility index (Phi) is 5.10. The molecule has 2 rings (SSSR count). The van der Waals surface area contributed by atoms with Gasteiger partial charge in [0.1, 0.15) is 5.15 Å². The zero-order valence-corrected chi connectivity index (χ0v) is 13.0. The predicted molar refractivity (Wildman–Crippen MR) is 83.7 cm³/mol. The first-order valence-electron chi connectivity index (χ1n) is 6.66. The number of halogens is 1. The van der Waals surface area contributed by atoms with E-state index in [0.29, 0.717) is 6.54 Å². The molecule has 0 aromatic carbocycles. The molecular formula is C13H18ClN3O2S. The summed E-state index contributed by atoms with van der Waals surface area (Å²) in [7, 11) is 0. The minimum absolute atomic E-state index is 0.0264. The lowest BCUT2D eigenvalue weighted by Crippen LogP contribution is -2.35. The van der Waals surface area contributed by atoms with Gasteiger partial charge in [-0.05, 0) is 25.2 Å². The third-order valence-electron chi connectivity index (χ3n) is 3.81. The highest BCUT2D eigenvalue weighted by atomic mass is 35.5. The number of hydrogen-bond acceptors (Lipinski definition) is 5. The number of pyridine rings is 1. The van der Waals surface area contributed by atoms with E-state index in [-0.39, 0.29) is 21.4 Å². The quantitative estimate of drug-likeness (QED) is 0.503. The fourth-order valence-electron chi connectivity index (χ4n) is 2.60. The SMILES string of the molecule is CSC1(CNc2nc(Cl)ccc2[N+](=O)[O-])CCCCC1. The third-order valence-corrected chi connectivity index (χ3v) is 5.44. The van der Waals surface area contributed by atoms with E-state index in [0.717, 1.165) is 12.8 Å². The lowest BCUT2D eigenvalue weighted by Gasteiger charge is -2.35. The molecule has 7 heteroatoms. The van der Waals surface area contributed by atoms with Crippen molar-refractivity contribution in [2.45, 2.75) is 36.9 Å². The fourth-order valence-corrected chi connectivity index (χ4v) is 3.66. The molecule has 0 radical (unpaired) electrons. The van der Waals surface area contributed by atoms with E-state index in [9.17, 15) is 10.1 Å². The summed E-state index contributed by atoms with van der Waals surface area (Å²) in [5.41, 5.74) is -0.0264. The number of nitro groups is 1. The minimum Gasteiger partial charge on any atom is -0.363 e. The topological polar surface area (TPSA) is 68.1 Å². The highest BCUT2D eigenvalue weighted by Crippen LogP contribution is 2.39. The largest absolute Gasteiger partial charge is 0.363 e. The van der Waals surface area contributed by atoms with Crippen LogP contribution in [0, 0.1) is 10.1 Å². The van der Waals surface area contributed by atoms with Gasteiger partial charge in [-0.3, -0.25) is 10.1 Å². The molecule has 0 atom stereocenters. The maximum atomic E-state index is 11.0. The van der Waals surface area contributed by atoms with Crippen LogP contribution in [0.25, 0.3) is 0 Å². The summed E-state index contributed by atoms with van der Waals surface area (Å²) in [6, 6.07) is 2.83. The van der Waals surface area contributed by atoms with Crippen LogP contribution in [0.1, 0.15) is 32.1 Å². The van der Waals surface area contributed by atoms with Crippen LogP contribution in [0.4, 0.5) is 11.5 Å². The van der Waals surface area contributed by atoms with Crippen LogP contribution in [0.3, 0.4) is 0 Å². The molecule has 1 saturated carbocycles. The van der Waals surface area contributed by atoms with Gasteiger partial charge in [-0.2, -0.15) is 11.8 Å². The zero-order valence-electron chi connectivity index (χ0n) is 11.4. The Labute approximate surface area is 127 Å². The van der Waals surface area contributed by atoms with Crippen LogP contribution in [-0.4, -0.2) is 27.5 Å². The molecule has 0 aliphatic heterocycles. The molecule has 0 bridgehead atoms. The average Bonchev–Trinajstić information content (AvgIpc) is 2.46. The van der Waals surface area contributed by atoms with Gasteiger partial charge in [0.05, 0.1) is 4.92 Å². The van der Waals surface area contributed by atoms with Crippen LogP contribution in [0.5, 0.6) is 0 Å². The number of nitrogens with zero attached hydrogens (tertiary/aromatic N) is 2. The molecule has 5 nitrogen and oxygen atoms in total. The third kappa shape index (κ3) is 3.55. The van der Waals surface area contributed by atoms with Crippen LogP contribution in [0.15, 0.2) is 12.1 Å². The first-order valence-corrected chi connectivity index (χ1v) is 8.26. The highest BCUT2D eigenvalue weighted by Gasteiger charge is 2.31. The van der Waals surface area contributed by atoms with E-state index in [1.807, 2.05) is 11.8 Å². The average molecular weight is 316 g/mol. The molecule has 1 aromatic rings. The molecular weight excluding hydrogens is 298 g/mol. The number of thioether (sulfide) groups is 1. The van der Waals surface area contributed by atoms with Crippen molar-refractivity contribution in [3.63, 3.8) is 0 Å². The summed E-state index contributed by atoms with van der Waals surface area (Å²) < 4.78 is 0.149. The summed E-state index contributed by atoms with van der Waals surface area (Å²) in [6.45, 7) is 0.683. The first kappa shape index (κ1) is 15.4. The van der Waals surface area contributed by atoms with Crippen molar-refractivity contribution in [1.82, 2.24) is 4.98 Å². The summed E-state index contributed by atoms with van der Waals surface area (Å²) in [5.74, 6) is 0.265. The number of anilines is 1. The van der Waals surface area contributed by atoms with Crippen molar-refractivity contribution < 1.29 is 4.92 Å². The molecule has 0 spiro atoms. The summed E-state index contributed by atoms with van der Waals surface area (Å²) in [6.07, 6.45) is 8.08. The second-order valence-electron chi connectivity index (χ2n) is 5.06. The van der Waals surface area contributed by atoms with Crippen molar-refractivity contribution in [2.24, 2.45) is 0 Å². The molecule has 1 heterocycles. The Morgan fingerprint density at radius 1 is 1.45 bits per heavy atom. The first-order chi connectivity index (χ1) is 9.56. The maximum absolute atomic E-state index is 11.0. The number of aromatic nitrogens is 1. The fraction of sp³-hybridized carbons (Fsp3) is 0.615. The van der Waals surface area contributed by atoms with Gasteiger partial charge in [-0.25, -0.2) is 4.98 Å². The molecule has 1 aliphatic carbocycles. The number of hydrogen-bond donors (Lipinski definition) is 1. The van der Waals surface area contributed by atoms with Gasteiger partial charge in [0.2, 0.25) is 5.82 Å². The molecule has 1 N–H and O–H groups in total. The smallest absolute Gasteiger partial charge is 0.311 e. The predicted octanol–water partition coefficient (Wildman–Crippen LogP) is 4.12. The van der Waals surface area contributed by atoms with Crippen molar-refractivity contribution in [1.29, 1.82) is 0 Å². The molecule has 110 valence electrons. The number of nitrogens with one attached hydrogen (secondary N) is 1. The van der Waals surface area contributed by atoms with Gasteiger partial charge < -0.3 is 5.32 Å². The number of rotatable bonds is 5. The molecule has 0 amide bonds. The van der Waals surface area contributed by atoms with E-state index < -0.39 is 4.92 Å². The highest BCUT2D eigenvalue weighted by molar-refractivity contribution is 8.00. The van der Waals surface area contributed by atoms with Crippen molar-refractivity contribution in [3.8, 4) is 0 Å². The van der Waals surface area contributed by atoms with Gasteiger partial charge in [0, 0.05) is 17.4 Å². The molecule has 1 fully saturated rings. The second kappa shape index (κ2) is 6.63. The van der Waals surface area contributed by atoms with Crippen LogP contribution >= 0.6 is 23.4 Å². The van der Waals surface area contributed by atoms with E-state index in [1.54, 1.807) is 0 Å². The lowest BCUT2D eigenvalue weighted by atomic mass is 9.88. The van der Waals surface area contributed by atoms with Gasteiger partial charge >= 0.3 is 5.69 Å². The summed E-state index contributed by atoms with van der Waals surface area (Å²) >= 11 is 7.67. The Balaban J connectivity index is 2.13. The van der Waals surface area contributed by atoms with Gasteiger partial charge in [0.15, 0.2) is 0 Å². The maximum Gasteiger partial charge on any atom is 0.311 e. The zero-order chi connectivity index (χ0) is 14.6. The van der Waals surface area contributed by atoms with Gasteiger partial charge in [-0.15, -0.1) is 0 Å². The molecule has 1 aromatic heterocycles. The summed E-state index contributed by atoms with van der Waals surface area (Å²) in [4.78, 5) is 14.6. The molecule has 0 saturated heterocycles. The Morgan fingerprint density at radius 3 is 2.75 bits per heavy atom. The van der Waals surface area contributed by atoms with E-state index in [1.165, 1.54) is 31.4 Å². The van der Waals surface area contributed by atoms with E-state index >= 15 is 0 Å². The van der Waals surface area contributed by atoms with Gasteiger partial charge in [-0.1, -0.05) is 30.9 Å². The monoisotopic (exact) mass is 315 g/mol. The van der Waals surface area contributed by atoms with E-state index in [4.69, 9.17) is 11.6 Å². The Morgan fingerprint density at radius 2 is 2.15 bits per heavy atom. The normalized spacial score (nSPS) is 17.7.